The van der Waals surface area contributed by atoms with Crippen LogP contribution in [0.3, 0.4) is 0 Å². The highest BCUT2D eigenvalue weighted by Gasteiger charge is 2.09. The van der Waals surface area contributed by atoms with E-state index in [-0.39, 0.29) is 12.0 Å². The lowest BCUT2D eigenvalue weighted by Gasteiger charge is -2.16. The van der Waals surface area contributed by atoms with Crippen LogP contribution in [0.15, 0.2) is 48.7 Å². The first kappa shape index (κ1) is 16.5. The fraction of sp³-hybridized carbons (Fsp3) is 0.389. The average Bonchev–Trinajstić information content (AvgIpc) is 2.54. The second-order valence-corrected chi connectivity index (χ2v) is 5.66. The van der Waals surface area contributed by atoms with E-state index in [1.54, 1.807) is 6.20 Å². The molecule has 0 saturated carbocycles. The predicted octanol–water partition coefficient (Wildman–Crippen LogP) is 2.77. The zero-order chi connectivity index (χ0) is 15.8. The first-order valence-electron chi connectivity index (χ1n) is 7.66. The average molecular weight is 300 g/mol. The number of pyridine rings is 1. The number of hydrogen-bond acceptors (Lipinski definition) is 4. The monoisotopic (exact) mass is 300 g/mol. The summed E-state index contributed by atoms with van der Waals surface area (Å²) in [6, 6.07) is 13.7. The molecule has 2 rings (SSSR count). The van der Waals surface area contributed by atoms with Crippen LogP contribution >= 0.6 is 0 Å². The molecule has 0 aliphatic heterocycles. The van der Waals surface area contributed by atoms with Gasteiger partial charge in [-0.2, -0.15) is 0 Å². The van der Waals surface area contributed by atoms with Gasteiger partial charge in [-0.25, -0.2) is 0 Å². The third kappa shape index (κ3) is 5.13. The minimum Gasteiger partial charge on any atom is -0.487 e. The van der Waals surface area contributed by atoms with Crippen molar-refractivity contribution in [3.05, 3.63) is 59.9 Å². The minimum atomic E-state index is -0.332. The van der Waals surface area contributed by atoms with E-state index in [4.69, 9.17) is 4.74 Å². The molecule has 1 aromatic carbocycles. The highest BCUT2D eigenvalue weighted by molar-refractivity contribution is 5.33. The molecule has 0 saturated heterocycles. The molecular weight excluding hydrogens is 276 g/mol. The van der Waals surface area contributed by atoms with Crippen molar-refractivity contribution in [2.75, 3.05) is 6.54 Å². The first-order valence-corrected chi connectivity index (χ1v) is 7.66. The lowest BCUT2D eigenvalue weighted by Crippen LogP contribution is -2.30. The predicted molar refractivity (Wildman–Crippen MR) is 87.6 cm³/mol. The summed E-state index contributed by atoms with van der Waals surface area (Å²) >= 11 is 0. The van der Waals surface area contributed by atoms with Gasteiger partial charge in [0.2, 0.25) is 0 Å². The van der Waals surface area contributed by atoms with Gasteiger partial charge >= 0.3 is 0 Å². The van der Waals surface area contributed by atoms with Crippen LogP contribution in [0.4, 0.5) is 0 Å². The second kappa shape index (κ2) is 8.51. The van der Waals surface area contributed by atoms with Gasteiger partial charge in [-0.1, -0.05) is 38.1 Å². The SMILES string of the molecule is CC(C)C(O)CNCc1ccccc1OCc1ccccn1. The number of aliphatic hydroxyl groups is 1. The van der Waals surface area contributed by atoms with Crippen LogP contribution in [0.1, 0.15) is 25.1 Å². The number of aromatic nitrogens is 1. The van der Waals surface area contributed by atoms with Gasteiger partial charge in [-0.3, -0.25) is 4.98 Å². The molecule has 1 aromatic heterocycles. The summed E-state index contributed by atoms with van der Waals surface area (Å²) in [7, 11) is 0. The van der Waals surface area contributed by atoms with E-state index in [0.717, 1.165) is 17.0 Å². The highest BCUT2D eigenvalue weighted by Crippen LogP contribution is 2.19. The normalized spacial score (nSPS) is 12.4. The number of nitrogens with one attached hydrogen (secondary N) is 1. The molecule has 2 N–H and O–H groups in total. The first-order chi connectivity index (χ1) is 10.7. The third-order valence-corrected chi connectivity index (χ3v) is 3.51. The molecule has 0 aliphatic carbocycles. The van der Waals surface area contributed by atoms with Gasteiger partial charge in [0, 0.05) is 24.8 Å². The van der Waals surface area contributed by atoms with Gasteiger partial charge in [0.15, 0.2) is 0 Å². The van der Waals surface area contributed by atoms with Crippen LogP contribution < -0.4 is 10.1 Å². The Labute approximate surface area is 132 Å². The minimum absolute atomic E-state index is 0.253. The maximum Gasteiger partial charge on any atom is 0.130 e. The molecule has 0 aliphatic rings. The van der Waals surface area contributed by atoms with Crippen LogP contribution in [0, 0.1) is 5.92 Å². The molecule has 0 spiro atoms. The molecule has 1 unspecified atom stereocenters. The van der Waals surface area contributed by atoms with E-state index in [9.17, 15) is 5.11 Å². The Morgan fingerprint density at radius 3 is 2.64 bits per heavy atom. The van der Waals surface area contributed by atoms with Crippen molar-refractivity contribution in [3.8, 4) is 5.75 Å². The highest BCUT2D eigenvalue weighted by atomic mass is 16.5. The van der Waals surface area contributed by atoms with Crippen molar-refractivity contribution in [3.63, 3.8) is 0 Å². The summed E-state index contributed by atoms with van der Waals surface area (Å²) in [6.45, 7) is 5.72. The van der Waals surface area contributed by atoms with Crippen molar-refractivity contribution < 1.29 is 9.84 Å². The van der Waals surface area contributed by atoms with E-state index < -0.39 is 0 Å². The molecule has 22 heavy (non-hydrogen) atoms. The number of nitrogens with zero attached hydrogens (tertiary/aromatic N) is 1. The summed E-state index contributed by atoms with van der Waals surface area (Å²) in [6.07, 6.45) is 1.43. The van der Waals surface area contributed by atoms with Crippen LogP contribution in [-0.4, -0.2) is 22.7 Å². The Balaban J connectivity index is 1.89. The number of para-hydroxylation sites is 1. The van der Waals surface area contributed by atoms with Crippen LogP contribution in [-0.2, 0) is 13.2 Å². The summed E-state index contributed by atoms with van der Waals surface area (Å²) in [5.41, 5.74) is 1.98. The molecule has 4 heteroatoms. The lowest BCUT2D eigenvalue weighted by molar-refractivity contribution is 0.123. The fourth-order valence-corrected chi connectivity index (χ4v) is 2.02. The van der Waals surface area contributed by atoms with Crippen LogP contribution in [0.2, 0.25) is 0 Å². The number of ether oxygens (including phenoxy) is 1. The van der Waals surface area contributed by atoms with E-state index in [1.807, 2.05) is 56.3 Å². The van der Waals surface area contributed by atoms with Crippen molar-refractivity contribution >= 4 is 0 Å². The Bertz CT molecular complexity index is 558. The molecule has 118 valence electrons. The van der Waals surface area contributed by atoms with Crippen molar-refractivity contribution in [2.24, 2.45) is 5.92 Å². The Morgan fingerprint density at radius 1 is 1.14 bits per heavy atom. The van der Waals surface area contributed by atoms with E-state index >= 15 is 0 Å². The van der Waals surface area contributed by atoms with Crippen LogP contribution in [0.5, 0.6) is 5.75 Å². The smallest absolute Gasteiger partial charge is 0.130 e. The van der Waals surface area contributed by atoms with E-state index in [1.165, 1.54) is 0 Å². The van der Waals surface area contributed by atoms with Gasteiger partial charge in [0.1, 0.15) is 12.4 Å². The third-order valence-electron chi connectivity index (χ3n) is 3.51. The molecule has 0 radical (unpaired) electrons. The zero-order valence-corrected chi connectivity index (χ0v) is 13.2. The molecule has 4 nitrogen and oxygen atoms in total. The molecule has 2 aromatic rings. The summed E-state index contributed by atoms with van der Waals surface area (Å²) in [5, 5.41) is 13.1. The number of benzene rings is 1. The molecule has 0 fully saturated rings. The Kier molecular flexibility index (Phi) is 6.37. The van der Waals surface area contributed by atoms with Crippen LogP contribution in [0.25, 0.3) is 0 Å². The quantitative estimate of drug-likeness (QED) is 0.787. The number of rotatable bonds is 8. The summed E-state index contributed by atoms with van der Waals surface area (Å²) in [4.78, 5) is 4.25. The van der Waals surface area contributed by atoms with Crippen molar-refractivity contribution in [1.82, 2.24) is 10.3 Å². The van der Waals surface area contributed by atoms with Gasteiger partial charge < -0.3 is 15.2 Å². The Morgan fingerprint density at radius 2 is 1.91 bits per heavy atom. The van der Waals surface area contributed by atoms with E-state index in [2.05, 4.69) is 10.3 Å². The Hall–Kier alpha value is -1.91. The molecule has 1 atom stereocenters. The van der Waals surface area contributed by atoms with E-state index in [0.29, 0.717) is 19.7 Å². The standard InChI is InChI=1S/C18H24N2O2/c1-14(2)17(21)12-19-11-15-7-3-4-9-18(15)22-13-16-8-5-6-10-20-16/h3-10,14,17,19,21H,11-13H2,1-2H3. The lowest BCUT2D eigenvalue weighted by atomic mass is 10.1. The molecule has 0 bridgehead atoms. The van der Waals surface area contributed by atoms with Gasteiger partial charge in [0.05, 0.1) is 11.8 Å². The number of hydrogen-bond donors (Lipinski definition) is 2. The van der Waals surface area contributed by atoms with Gasteiger partial charge in [-0.15, -0.1) is 0 Å². The molecule has 0 amide bonds. The molecule has 1 heterocycles. The second-order valence-electron chi connectivity index (χ2n) is 5.66. The zero-order valence-electron chi connectivity index (χ0n) is 13.2. The maximum absolute atomic E-state index is 9.82. The summed E-state index contributed by atoms with van der Waals surface area (Å²) < 4.78 is 5.86. The fourth-order valence-electron chi connectivity index (χ4n) is 2.02. The van der Waals surface area contributed by atoms with Gasteiger partial charge in [-0.05, 0) is 24.1 Å². The number of aliphatic hydroxyl groups excluding tert-OH is 1. The molecular formula is C18H24N2O2. The van der Waals surface area contributed by atoms with Gasteiger partial charge in [0.25, 0.3) is 0 Å². The van der Waals surface area contributed by atoms with Crippen molar-refractivity contribution in [2.45, 2.75) is 33.1 Å². The largest absolute Gasteiger partial charge is 0.487 e. The topological polar surface area (TPSA) is 54.4 Å². The van der Waals surface area contributed by atoms with Crippen molar-refractivity contribution in [1.29, 1.82) is 0 Å². The summed E-state index contributed by atoms with van der Waals surface area (Å²) in [5.74, 6) is 1.10. The maximum atomic E-state index is 9.82.